The van der Waals surface area contributed by atoms with Gasteiger partial charge >= 0.3 is 0 Å². The van der Waals surface area contributed by atoms with Gasteiger partial charge in [0.1, 0.15) is 0 Å². The summed E-state index contributed by atoms with van der Waals surface area (Å²) in [5, 5.41) is 4.27. The second-order valence-electron chi connectivity index (χ2n) is 12.8. The molecule has 0 amide bonds. The molecule has 242 valence electrons. The molecule has 0 spiro atoms. The maximum atomic E-state index is 5.12. The van der Waals surface area contributed by atoms with Crippen molar-refractivity contribution < 1.29 is 0 Å². The first-order chi connectivity index (χ1) is 25.7. The van der Waals surface area contributed by atoms with Gasteiger partial charge in [0, 0.05) is 56.8 Å². The van der Waals surface area contributed by atoms with Gasteiger partial charge in [-0.2, -0.15) is 0 Å². The smallest absolute Gasteiger partial charge is 0.0972 e. The molecular weight excluding hydrogens is 637 g/mol. The number of benzene rings is 4. The molecule has 6 aromatic heterocycles. The zero-order chi connectivity index (χ0) is 34.4. The summed E-state index contributed by atoms with van der Waals surface area (Å²) < 4.78 is 0. The highest BCUT2D eigenvalue weighted by Gasteiger charge is 2.12. The van der Waals surface area contributed by atoms with Crippen LogP contribution in [0.5, 0.6) is 0 Å². The van der Waals surface area contributed by atoms with Crippen molar-refractivity contribution in [3.63, 3.8) is 0 Å². The molecule has 0 saturated heterocycles. The zero-order valence-corrected chi connectivity index (χ0v) is 27.8. The van der Waals surface area contributed by atoms with Gasteiger partial charge in [0.2, 0.25) is 0 Å². The predicted octanol–water partition coefficient (Wildman–Crippen LogP) is 11.0. The lowest BCUT2D eigenvalue weighted by Crippen LogP contribution is -1.92. The molecule has 0 fully saturated rings. The molecule has 6 heteroatoms. The summed E-state index contributed by atoms with van der Waals surface area (Å²) in [6.45, 7) is 0. The Balaban J connectivity index is 1.00. The van der Waals surface area contributed by atoms with Gasteiger partial charge in [-0.15, -0.1) is 0 Å². The van der Waals surface area contributed by atoms with E-state index in [4.69, 9.17) is 15.0 Å². The van der Waals surface area contributed by atoms with Crippen LogP contribution in [0.3, 0.4) is 0 Å². The highest BCUT2D eigenvalue weighted by Crippen LogP contribution is 2.33. The van der Waals surface area contributed by atoms with Crippen molar-refractivity contribution in [2.24, 2.45) is 0 Å². The maximum Gasteiger partial charge on any atom is 0.0972 e. The third-order valence-corrected chi connectivity index (χ3v) is 9.56. The Morgan fingerprint density at radius 3 is 1.58 bits per heavy atom. The summed E-state index contributed by atoms with van der Waals surface area (Å²) in [6, 6.07) is 52.0. The molecule has 52 heavy (non-hydrogen) atoms. The second kappa shape index (κ2) is 12.3. The third kappa shape index (κ3) is 5.39. The SMILES string of the molecule is c1ccc(-c2cc(-c3ccccn3)cc(-c3ccc4cc(-c5ccc6ccc(-c7ccc8ccc9cccnc9c8n7)nc6c5)ccc4n3)c2)nc1. The van der Waals surface area contributed by atoms with Crippen LogP contribution < -0.4 is 0 Å². The lowest BCUT2D eigenvalue weighted by molar-refractivity contribution is 1.31. The van der Waals surface area contributed by atoms with Gasteiger partial charge in [-0.25, -0.2) is 15.0 Å². The Morgan fingerprint density at radius 2 is 0.827 bits per heavy atom. The number of pyridine rings is 6. The minimum atomic E-state index is 0.822. The van der Waals surface area contributed by atoms with Crippen molar-refractivity contribution in [2.75, 3.05) is 0 Å². The molecule has 0 radical (unpaired) electrons. The van der Waals surface area contributed by atoms with Crippen LogP contribution in [0, 0.1) is 0 Å². The number of hydrogen-bond donors (Lipinski definition) is 0. The molecule has 0 aliphatic rings. The molecule has 6 nitrogen and oxygen atoms in total. The van der Waals surface area contributed by atoms with Crippen LogP contribution in [0.15, 0.2) is 170 Å². The maximum absolute atomic E-state index is 5.12. The molecule has 0 aliphatic carbocycles. The largest absolute Gasteiger partial charge is 0.256 e. The summed E-state index contributed by atoms with van der Waals surface area (Å²) in [7, 11) is 0. The number of fused-ring (bicyclic) bond motifs is 5. The molecule has 0 bridgehead atoms. The minimum absolute atomic E-state index is 0.822. The van der Waals surface area contributed by atoms with Crippen LogP contribution in [-0.4, -0.2) is 29.9 Å². The van der Waals surface area contributed by atoms with Crippen LogP contribution in [0.4, 0.5) is 0 Å². The first-order valence-corrected chi connectivity index (χ1v) is 17.2. The average Bonchev–Trinajstić information content (AvgIpc) is 3.23. The van der Waals surface area contributed by atoms with Crippen LogP contribution in [0.2, 0.25) is 0 Å². The van der Waals surface area contributed by atoms with Gasteiger partial charge in [0.15, 0.2) is 0 Å². The highest BCUT2D eigenvalue weighted by atomic mass is 14.8. The van der Waals surface area contributed by atoms with Gasteiger partial charge in [0.25, 0.3) is 0 Å². The zero-order valence-electron chi connectivity index (χ0n) is 27.8. The van der Waals surface area contributed by atoms with E-state index in [0.29, 0.717) is 0 Å². The molecule has 0 atom stereocenters. The summed E-state index contributed by atoms with van der Waals surface area (Å²) >= 11 is 0. The van der Waals surface area contributed by atoms with E-state index in [0.717, 1.165) is 99.9 Å². The quantitative estimate of drug-likeness (QED) is 0.170. The molecule has 0 N–H and O–H groups in total. The fourth-order valence-electron chi connectivity index (χ4n) is 6.91. The fourth-order valence-corrected chi connectivity index (χ4v) is 6.91. The summed E-state index contributed by atoms with van der Waals surface area (Å²) in [6.07, 6.45) is 5.45. The number of rotatable bonds is 5. The summed E-state index contributed by atoms with van der Waals surface area (Å²) in [4.78, 5) is 29.1. The number of nitrogens with zero attached hydrogens (tertiary/aromatic N) is 6. The lowest BCUT2D eigenvalue weighted by atomic mass is 9.98. The van der Waals surface area contributed by atoms with E-state index < -0.39 is 0 Å². The number of aromatic nitrogens is 6. The Labute approximate surface area is 299 Å². The van der Waals surface area contributed by atoms with Gasteiger partial charge in [-0.05, 0) is 96.1 Å². The normalized spacial score (nSPS) is 11.5. The molecule has 10 rings (SSSR count). The Bertz CT molecular complexity index is 2900. The van der Waals surface area contributed by atoms with Gasteiger partial charge in [-0.1, -0.05) is 66.7 Å². The van der Waals surface area contributed by atoms with E-state index in [1.165, 1.54) is 0 Å². The third-order valence-electron chi connectivity index (χ3n) is 9.56. The molecular formula is C46H28N6. The van der Waals surface area contributed by atoms with Crippen LogP contribution in [0.1, 0.15) is 0 Å². The first-order valence-electron chi connectivity index (χ1n) is 17.2. The highest BCUT2D eigenvalue weighted by molar-refractivity contribution is 6.03. The molecule has 10 aromatic rings. The van der Waals surface area contributed by atoms with Crippen molar-refractivity contribution in [1.29, 1.82) is 0 Å². The van der Waals surface area contributed by atoms with Crippen LogP contribution in [0.25, 0.3) is 99.9 Å². The average molecular weight is 665 g/mol. The Hall–Kier alpha value is -7.18. The van der Waals surface area contributed by atoms with Crippen molar-refractivity contribution in [1.82, 2.24) is 29.9 Å². The van der Waals surface area contributed by atoms with E-state index in [9.17, 15) is 0 Å². The minimum Gasteiger partial charge on any atom is -0.256 e. The molecule has 0 aliphatic heterocycles. The Kier molecular flexibility index (Phi) is 7.03. The van der Waals surface area contributed by atoms with Crippen molar-refractivity contribution in [3.8, 4) is 56.3 Å². The molecule has 6 heterocycles. The number of hydrogen-bond acceptors (Lipinski definition) is 6. The van der Waals surface area contributed by atoms with E-state index in [1.807, 2.05) is 73.2 Å². The first kappa shape index (κ1) is 29.7. The van der Waals surface area contributed by atoms with Crippen molar-refractivity contribution >= 4 is 43.6 Å². The van der Waals surface area contributed by atoms with Crippen LogP contribution in [-0.2, 0) is 0 Å². The predicted molar refractivity (Wildman–Crippen MR) is 210 cm³/mol. The monoisotopic (exact) mass is 664 g/mol. The molecule has 4 aromatic carbocycles. The lowest BCUT2D eigenvalue weighted by Gasteiger charge is -2.11. The second-order valence-corrected chi connectivity index (χ2v) is 12.8. The van der Waals surface area contributed by atoms with E-state index in [-0.39, 0.29) is 0 Å². The van der Waals surface area contributed by atoms with Crippen LogP contribution >= 0.6 is 0 Å². The Morgan fingerprint density at radius 1 is 0.269 bits per heavy atom. The van der Waals surface area contributed by atoms with E-state index in [2.05, 4.69) is 112 Å². The molecule has 0 saturated carbocycles. The summed E-state index contributed by atoms with van der Waals surface area (Å²) in [5.74, 6) is 0. The van der Waals surface area contributed by atoms with E-state index >= 15 is 0 Å². The van der Waals surface area contributed by atoms with Crippen molar-refractivity contribution in [3.05, 3.63) is 170 Å². The topological polar surface area (TPSA) is 77.3 Å². The van der Waals surface area contributed by atoms with Gasteiger partial charge in [-0.3, -0.25) is 15.0 Å². The molecule has 0 unspecified atom stereocenters. The van der Waals surface area contributed by atoms with Crippen molar-refractivity contribution in [2.45, 2.75) is 0 Å². The summed E-state index contributed by atoms with van der Waals surface area (Å²) in [5.41, 5.74) is 13.2. The van der Waals surface area contributed by atoms with Gasteiger partial charge < -0.3 is 0 Å². The standard InChI is InChI=1S/C46H28N6/c1-3-21-47-38(7-1)35-25-36(39-8-2-4-22-48-39)27-37(26-35)41-18-16-34-24-32(15-17-40(34)50-41)33-12-9-29-13-19-42(51-44(29)28-33)43-20-14-31-11-10-30-6-5-23-49-45(30)46(31)52-43/h1-28H. The van der Waals surface area contributed by atoms with Gasteiger partial charge in [0.05, 0.1) is 50.5 Å². The van der Waals surface area contributed by atoms with E-state index in [1.54, 1.807) is 0 Å². The fraction of sp³-hybridized carbons (Fsp3) is 0.